The van der Waals surface area contributed by atoms with Gasteiger partial charge in [0.15, 0.2) is 0 Å². The van der Waals surface area contributed by atoms with Gasteiger partial charge in [-0.15, -0.1) is 0 Å². The summed E-state index contributed by atoms with van der Waals surface area (Å²) in [6.45, 7) is 2.67. The molecule has 3 heteroatoms. The van der Waals surface area contributed by atoms with Gasteiger partial charge in [0.2, 0.25) is 0 Å². The van der Waals surface area contributed by atoms with Crippen LogP contribution in [0.15, 0.2) is 30.3 Å². The number of nitrogens with one attached hydrogen (secondary N) is 1. The summed E-state index contributed by atoms with van der Waals surface area (Å²) < 4.78 is 0. The lowest BCUT2D eigenvalue weighted by molar-refractivity contribution is -0.143. The molecule has 4 saturated carbocycles. The van der Waals surface area contributed by atoms with Gasteiger partial charge in [-0.2, -0.15) is 0 Å². The van der Waals surface area contributed by atoms with Gasteiger partial charge in [-0.05, 0) is 68.8 Å². The van der Waals surface area contributed by atoms with E-state index in [1.54, 1.807) is 0 Å². The molecule has 1 aromatic rings. The molecule has 2 atom stereocenters. The van der Waals surface area contributed by atoms with Crippen LogP contribution in [0, 0.1) is 23.2 Å². The van der Waals surface area contributed by atoms with Crippen LogP contribution in [0.2, 0.25) is 0 Å². The maximum atomic E-state index is 13.0. The summed E-state index contributed by atoms with van der Waals surface area (Å²) in [5.74, 6) is 2.95. The molecule has 0 saturated heterocycles. The van der Waals surface area contributed by atoms with E-state index in [1.165, 1.54) is 19.3 Å². The van der Waals surface area contributed by atoms with Gasteiger partial charge in [0, 0.05) is 24.4 Å². The summed E-state index contributed by atoms with van der Waals surface area (Å²) in [7, 11) is 0. The average Bonchev–Trinajstić information content (AvgIpc) is 2.60. The Balaban J connectivity index is 1.29. The zero-order valence-electron chi connectivity index (χ0n) is 15.3. The van der Waals surface area contributed by atoms with Crippen molar-refractivity contribution in [1.82, 2.24) is 5.32 Å². The molecule has 1 aromatic carbocycles. The molecule has 2 unspecified atom stereocenters. The van der Waals surface area contributed by atoms with Crippen molar-refractivity contribution in [3.8, 4) is 0 Å². The fraction of sp³-hybridized carbons (Fsp3) is 0.682. The van der Waals surface area contributed by atoms with Crippen molar-refractivity contribution in [2.24, 2.45) is 23.2 Å². The van der Waals surface area contributed by atoms with E-state index in [2.05, 4.69) is 5.32 Å². The number of carbonyl (C=O) groups excluding carboxylic acids is 1. The second kappa shape index (κ2) is 6.85. The van der Waals surface area contributed by atoms with Gasteiger partial charge in [0.1, 0.15) is 5.78 Å². The highest BCUT2D eigenvalue weighted by Crippen LogP contribution is 2.60. The Morgan fingerprint density at radius 3 is 2.24 bits per heavy atom. The summed E-state index contributed by atoms with van der Waals surface area (Å²) in [5, 5.41) is 13.8. The standard InChI is InChI=1S/C22H31NO2/c1-15(21(25)19-5-3-2-4-6-19)23-8-7-20(24)22-12-16-9-17(13-22)11-18(10-16)14-22/h2-6,15-18,21,23,25H,7-14H2,1H3. The zero-order chi connectivity index (χ0) is 17.4. The third-order valence-corrected chi connectivity index (χ3v) is 7.06. The fourth-order valence-corrected chi connectivity index (χ4v) is 6.18. The summed E-state index contributed by atoms with van der Waals surface area (Å²) >= 11 is 0. The van der Waals surface area contributed by atoms with Crippen molar-refractivity contribution < 1.29 is 9.90 Å². The molecule has 0 spiro atoms. The number of carbonyl (C=O) groups is 1. The lowest BCUT2D eigenvalue weighted by Gasteiger charge is -2.56. The first kappa shape index (κ1) is 17.2. The maximum Gasteiger partial charge on any atom is 0.140 e. The highest BCUT2D eigenvalue weighted by atomic mass is 16.3. The molecule has 4 fully saturated rings. The maximum absolute atomic E-state index is 13.0. The van der Waals surface area contributed by atoms with Crippen molar-refractivity contribution in [3.63, 3.8) is 0 Å². The molecule has 4 aliphatic rings. The lowest BCUT2D eigenvalue weighted by atomic mass is 9.48. The zero-order valence-corrected chi connectivity index (χ0v) is 15.3. The smallest absolute Gasteiger partial charge is 0.140 e. The minimum absolute atomic E-state index is 0.0116. The van der Waals surface area contributed by atoms with E-state index in [4.69, 9.17) is 0 Å². The van der Waals surface area contributed by atoms with Gasteiger partial charge in [0.05, 0.1) is 6.10 Å². The van der Waals surface area contributed by atoms with E-state index in [-0.39, 0.29) is 11.5 Å². The molecule has 0 aliphatic heterocycles. The van der Waals surface area contributed by atoms with Crippen LogP contribution in [0.1, 0.15) is 63.5 Å². The molecule has 25 heavy (non-hydrogen) atoms. The quantitative estimate of drug-likeness (QED) is 0.791. The summed E-state index contributed by atoms with van der Waals surface area (Å²) in [5.41, 5.74) is 0.937. The number of Topliss-reactive ketones (excluding diaryl/α,β-unsaturated/α-hetero) is 1. The number of rotatable bonds is 7. The predicted molar refractivity (Wildman–Crippen MR) is 99.1 cm³/mol. The predicted octanol–water partition coefficient (Wildman–Crippen LogP) is 3.87. The van der Waals surface area contributed by atoms with Gasteiger partial charge in [-0.3, -0.25) is 4.79 Å². The van der Waals surface area contributed by atoms with Crippen LogP contribution < -0.4 is 5.32 Å². The van der Waals surface area contributed by atoms with Crippen LogP contribution in [-0.2, 0) is 4.79 Å². The van der Waals surface area contributed by atoms with Crippen molar-refractivity contribution in [2.45, 2.75) is 64.0 Å². The highest BCUT2D eigenvalue weighted by molar-refractivity contribution is 5.85. The topological polar surface area (TPSA) is 49.3 Å². The molecule has 5 rings (SSSR count). The van der Waals surface area contributed by atoms with E-state index < -0.39 is 6.10 Å². The first-order valence-corrected chi connectivity index (χ1v) is 10.1. The summed E-state index contributed by atoms with van der Waals surface area (Å²) in [6, 6.07) is 9.70. The van der Waals surface area contributed by atoms with Gasteiger partial charge < -0.3 is 10.4 Å². The Labute approximate surface area is 151 Å². The van der Waals surface area contributed by atoms with Crippen LogP contribution in [-0.4, -0.2) is 23.5 Å². The SMILES string of the molecule is CC(NCCC(=O)C12CC3CC(CC(C3)C1)C2)C(O)c1ccccc1. The number of aliphatic hydroxyl groups is 1. The van der Waals surface area contributed by atoms with Gasteiger partial charge in [0.25, 0.3) is 0 Å². The van der Waals surface area contributed by atoms with Crippen LogP contribution in [0.3, 0.4) is 0 Å². The highest BCUT2D eigenvalue weighted by Gasteiger charge is 2.53. The Bertz CT molecular complexity index is 576. The van der Waals surface area contributed by atoms with E-state index >= 15 is 0 Å². The van der Waals surface area contributed by atoms with Crippen molar-refractivity contribution in [1.29, 1.82) is 0 Å². The van der Waals surface area contributed by atoms with Crippen LogP contribution in [0.25, 0.3) is 0 Å². The molecular formula is C22H31NO2. The van der Waals surface area contributed by atoms with E-state index in [0.29, 0.717) is 18.7 Å². The van der Waals surface area contributed by atoms with Gasteiger partial charge in [-0.25, -0.2) is 0 Å². The number of hydrogen-bond acceptors (Lipinski definition) is 3. The van der Waals surface area contributed by atoms with Gasteiger partial charge >= 0.3 is 0 Å². The second-order valence-electron chi connectivity index (χ2n) is 8.97. The molecule has 4 bridgehead atoms. The monoisotopic (exact) mass is 341 g/mol. The summed E-state index contributed by atoms with van der Waals surface area (Å²) in [6.07, 6.45) is 7.68. The molecule has 0 heterocycles. The Morgan fingerprint density at radius 2 is 1.68 bits per heavy atom. The van der Waals surface area contributed by atoms with E-state index in [0.717, 1.165) is 42.6 Å². The van der Waals surface area contributed by atoms with Crippen LogP contribution >= 0.6 is 0 Å². The minimum atomic E-state index is -0.532. The number of ketones is 1. The van der Waals surface area contributed by atoms with E-state index in [1.807, 2.05) is 37.3 Å². The third-order valence-electron chi connectivity index (χ3n) is 7.06. The molecule has 2 N–H and O–H groups in total. The molecule has 3 nitrogen and oxygen atoms in total. The van der Waals surface area contributed by atoms with Gasteiger partial charge in [-0.1, -0.05) is 30.3 Å². The number of benzene rings is 1. The Hall–Kier alpha value is -1.19. The molecule has 0 radical (unpaired) electrons. The van der Waals surface area contributed by atoms with Crippen LogP contribution in [0.4, 0.5) is 0 Å². The van der Waals surface area contributed by atoms with Crippen molar-refractivity contribution in [3.05, 3.63) is 35.9 Å². The first-order valence-electron chi connectivity index (χ1n) is 10.1. The van der Waals surface area contributed by atoms with Crippen molar-refractivity contribution >= 4 is 5.78 Å². The molecule has 4 aliphatic carbocycles. The Morgan fingerprint density at radius 1 is 1.12 bits per heavy atom. The molecule has 0 aromatic heterocycles. The number of hydrogen-bond donors (Lipinski definition) is 2. The summed E-state index contributed by atoms with van der Waals surface area (Å²) in [4.78, 5) is 13.0. The second-order valence-corrected chi connectivity index (χ2v) is 8.97. The fourth-order valence-electron chi connectivity index (χ4n) is 6.18. The molecule has 136 valence electrons. The third kappa shape index (κ3) is 3.41. The van der Waals surface area contributed by atoms with Crippen LogP contribution in [0.5, 0.6) is 0 Å². The minimum Gasteiger partial charge on any atom is -0.387 e. The average molecular weight is 341 g/mol. The lowest BCUT2D eigenvalue weighted by Crippen LogP contribution is -2.50. The van der Waals surface area contributed by atoms with Crippen molar-refractivity contribution in [2.75, 3.05) is 6.54 Å². The normalized spacial score (nSPS) is 35.5. The number of aliphatic hydroxyl groups excluding tert-OH is 1. The molecule has 0 amide bonds. The Kier molecular flexibility index (Phi) is 4.72. The van der Waals surface area contributed by atoms with E-state index in [9.17, 15) is 9.90 Å². The largest absolute Gasteiger partial charge is 0.387 e. The molecular weight excluding hydrogens is 310 g/mol. The first-order chi connectivity index (χ1) is 12.1.